The summed E-state index contributed by atoms with van der Waals surface area (Å²) in [5, 5.41) is 14.2. The predicted molar refractivity (Wildman–Crippen MR) is 134 cm³/mol. The van der Waals surface area contributed by atoms with Gasteiger partial charge in [0.2, 0.25) is 5.88 Å². The fraction of sp³-hybridized carbons (Fsp3) is 0.192. The largest absolute Gasteiger partial charge is 0.439 e. The summed E-state index contributed by atoms with van der Waals surface area (Å²) >= 11 is -0.133. The summed E-state index contributed by atoms with van der Waals surface area (Å²) in [5.74, 6) is -0.605. The highest BCUT2D eigenvalue weighted by molar-refractivity contribution is 7.93. The van der Waals surface area contributed by atoms with Crippen molar-refractivity contribution < 1.29 is 22.6 Å². The fourth-order valence-corrected chi connectivity index (χ4v) is 4.84. The number of aliphatic hydroxyl groups is 1. The van der Waals surface area contributed by atoms with Gasteiger partial charge in [-0.1, -0.05) is 41.6 Å². The molecule has 0 bridgehead atoms. The summed E-state index contributed by atoms with van der Waals surface area (Å²) in [6.45, 7) is 1.81. The Morgan fingerprint density at radius 1 is 1.14 bits per heavy atom. The van der Waals surface area contributed by atoms with E-state index in [0.717, 1.165) is 21.5 Å². The molecule has 6 rings (SSSR count). The Balaban J connectivity index is 1.36. The van der Waals surface area contributed by atoms with Crippen molar-refractivity contribution in [2.75, 3.05) is 0 Å². The maximum absolute atomic E-state index is 15.1. The highest BCUT2D eigenvalue weighted by atomic mass is 32.2. The molecule has 5 aromatic rings. The van der Waals surface area contributed by atoms with Crippen LogP contribution in [0.3, 0.4) is 0 Å². The number of pyridine rings is 1. The number of aromatic amines is 1. The van der Waals surface area contributed by atoms with Crippen LogP contribution in [0.4, 0.5) is 8.28 Å². The van der Waals surface area contributed by atoms with E-state index < -0.39 is 17.2 Å². The van der Waals surface area contributed by atoms with Gasteiger partial charge < -0.3 is 9.84 Å². The van der Waals surface area contributed by atoms with E-state index in [-0.39, 0.29) is 35.2 Å². The van der Waals surface area contributed by atoms with Crippen LogP contribution < -0.4 is 10.5 Å². The monoisotopic (exact) mass is 522 g/mol. The van der Waals surface area contributed by atoms with Crippen molar-refractivity contribution in [1.29, 1.82) is 0 Å². The van der Waals surface area contributed by atoms with Crippen molar-refractivity contribution >= 4 is 23.4 Å². The lowest BCUT2D eigenvalue weighted by molar-refractivity contribution is -0.0387. The molecule has 37 heavy (non-hydrogen) atoms. The maximum Gasteiger partial charge on any atom is 0.439 e. The zero-order valence-corrected chi connectivity index (χ0v) is 20.3. The Hall–Kier alpha value is -3.96. The Morgan fingerprint density at radius 3 is 2.54 bits per heavy atom. The number of benzene rings is 2. The van der Waals surface area contributed by atoms with Crippen LogP contribution in [-0.4, -0.2) is 24.2 Å². The summed E-state index contributed by atoms with van der Waals surface area (Å²) in [6.07, 6.45) is 2.39. The third kappa shape index (κ3) is 4.09. The smallest absolute Gasteiger partial charge is 0.439 e. The van der Waals surface area contributed by atoms with Gasteiger partial charge in [-0.2, -0.15) is 0 Å². The van der Waals surface area contributed by atoms with Gasteiger partial charge in [0.1, 0.15) is 11.4 Å². The van der Waals surface area contributed by atoms with Crippen molar-refractivity contribution in [3.8, 4) is 34.3 Å². The molecule has 3 heterocycles. The number of hydrogen-bond acceptors (Lipinski definition) is 7. The first kappa shape index (κ1) is 23.4. The molecule has 2 N–H and O–H groups in total. The zero-order valence-electron chi connectivity index (χ0n) is 19.5. The second kappa shape index (κ2) is 8.86. The third-order valence-corrected chi connectivity index (χ3v) is 7.24. The van der Waals surface area contributed by atoms with Crippen LogP contribution in [0.1, 0.15) is 30.4 Å². The van der Waals surface area contributed by atoms with Gasteiger partial charge in [0.15, 0.2) is 24.0 Å². The first-order valence-corrected chi connectivity index (χ1v) is 12.2. The number of ether oxygens (including phenoxy) is 1. The summed E-state index contributed by atoms with van der Waals surface area (Å²) in [4.78, 5) is 18.2. The molecule has 1 aliphatic rings. The number of aromatic nitrogens is 4. The Bertz CT molecular complexity index is 1690. The Kier molecular flexibility index (Phi) is 5.61. The van der Waals surface area contributed by atoms with Crippen LogP contribution in [0.25, 0.3) is 33.7 Å². The summed E-state index contributed by atoms with van der Waals surface area (Å²) in [6, 6.07) is 14.9. The molecule has 2 aromatic carbocycles. The van der Waals surface area contributed by atoms with Gasteiger partial charge in [0.25, 0.3) is 0 Å². The van der Waals surface area contributed by atoms with E-state index in [4.69, 9.17) is 4.74 Å². The number of H-pyrrole nitrogens is 1. The summed E-state index contributed by atoms with van der Waals surface area (Å²) in [7, 11) is 0. The third-order valence-electron chi connectivity index (χ3n) is 6.73. The van der Waals surface area contributed by atoms with Gasteiger partial charge >= 0.3 is 5.76 Å². The van der Waals surface area contributed by atoms with Gasteiger partial charge in [-0.05, 0) is 43.4 Å². The van der Waals surface area contributed by atoms with E-state index >= 15 is 4.39 Å². The highest BCUT2D eigenvalue weighted by Crippen LogP contribution is 2.42. The number of fused-ring (bicyclic) bond motifs is 1. The molecule has 0 amide bonds. The highest BCUT2D eigenvalue weighted by Gasteiger charge is 2.36. The molecule has 0 unspecified atom stereocenters. The van der Waals surface area contributed by atoms with Crippen LogP contribution in [0, 0.1) is 12.7 Å². The van der Waals surface area contributed by atoms with Crippen LogP contribution >= 0.6 is 12.3 Å². The SMILES string of the molecule is Cc1ccc(-c2noc(=O)[nH]2)cc1Oc1cc2nc(-c3ccc(C4(O)CCC4)cc3)c(F)cc2n1SF. The van der Waals surface area contributed by atoms with Gasteiger partial charge in [0.05, 0.1) is 16.6 Å². The standard InChI is InChI=1S/C26H20F2N4O4S/c1-14-3-4-16(24-30-25(33)36-31-24)11-21(14)35-22-13-19-20(32(22)37-28)12-18(27)23(29-19)15-5-7-17(8-6-15)26(34)9-2-10-26/h3-8,11-13,34H,2,9-10H2,1H3,(H,30,31,33). The predicted octanol–water partition coefficient (Wildman–Crippen LogP) is 6.04. The molecule has 0 spiro atoms. The lowest BCUT2D eigenvalue weighted by atomic mass is 9.75. The first-order chi connectivity index (χ1) is 17.8. The number of aryl methyl sites for hydroxylation is 1. The van der Waals surface area contributed by atoms with E-state index in [0.29, 0.717) is 35.2 Å². The Morgan fingerprint density at radius 2 is 1.89 bits per heavy atom. The van der Waals surface area contributed by atoms with Gasteiger partial charge in [-0.25, -0.2) is 18.1 Å². The van der Waals surface area contributed by atoms with E-state index in [1.54, 1.807) is 49.4 Å². The van der Waals surface area contributed by atoms with Gasteiger partial charge in [-0.3, -0.25) is 9.51 Å². The van der Waals surface area contributed by atoms with Crippen molar-refractivity contribution in [3.05, 3.63) is 82.1 Å². The summed E-state index contributed by atoms with van der Waals surface area (Å²) in [5.41, 5.74) is 2.46. The van der Waals surface area contributed by atoms with Crippen LogP contribution in [0.15, 0.2) is 63.9 Å². The molecule has 11 heteroatoms. The van der Waals surface area contributed by atoms with E-state index in [1.807, 2.05) is 0 Å². The molecule has 1 fully saturated rings. The molecule has 0 aliphatic heterocycles. The van der Waals surface area contributed by atoms with Gasteiger partial charge in [0, 0.05) is 23.3 Å². The minimum absolute atomic E-state index is 0.1000. The average molecular weight is 523 g/mol. The fourth-order valence-electron chi connectivity index (χ4n) is 4.46. The Labute approximate surface area is 213 Å². The maximum atomic E-state index is 15.1. The molecular formula is C26H20F2N4O4S. The van der Waals surface area contributed by atoms with Crippen molar-refractivity contribution in [3.63, 3.8) is 0 Å². The van der Waals surface area contributed by atoms with Crippen molar-refractivity contribution in [2.45, 2.75) is 31.8 Å². The first-order valence-electron chi connectivity index (χ1n) is 11.5. The molecule has 188 valence electrons. The topological polar surface area (TPSA) is 106 Å². The number of rotatable bonds is 6. The molecule has 0 radical (unpaired) electrons. The van der Waals surface area contributed by atoms with Crippen LogP contribution in [-0.2, 0) is 5.60 Å². The molecular weight excluding hydrogens is 502 g/mol. The second-order valence-electron chi connectivity index (χ2n) is 9.06. The number of hydrogen-bond donors (Lipinski definition) is 2. The molecule has 3 aromatic heterocycles. The zero-order chi connectivity index (χ0) is 25.7. The minimum Gasteiger partial charge on any atom is -0.439 e. The van der Waals surface area contributed by atoms with Crippen molar-refractivity contribution in [2.24, 2.45) is 0 Å². The van der Waals surface area contributed by atoms with E-state index in [1.165, 1.54) is 12.1 Å². The van der Waals surface area contributed by atoms with Crippen LogP contribution in [0.5, 0.6) is 11.6 Å². The molecule has 0 saturated heterocycles. The molecule has 1 aliphatic carbocycles. The lowest BCUT2D eigenvalue weighted by Gasteiger charge is -2.37. The number of halogens is 2. The van der Waals surface area contributed by atoms with Gasteiger partial charge in [-0.15, -0.1) is 3.89 Å². The average Bonchev–Trinajstić information content (AvgIpc) is 3.46. The minimum atomic E-state index is -0.811. The van der Waals surface area contributed by atoms with Crippen LogP contribution in [0.2, 0.25) is 0 Å². The van der Waals surface area contributed by atoms with E-state index in [2.05, 4.69) is 19.6 Å². The normalized spacial score (nSPS) is 14.6. The summed E-state index contributed by atoms with van der Waals surface area (Å²) < 4.78 is 40.8. The number of nitrogens with zero attached hydrogens (tertiary/aromatic N) is 3. The lowest BCUT2D eigenvalue weighted by Crippen LogP contribution is -2.33. The second-order valence-corrected chi connectivity index (χ2v) is 9.56. The van der Waals surface area contributed by atoms with Crippen molar-refractivity contribution in [1.82, 2.24) is 19.1 Å². The quantitative estimate of drug-likeness (QED) is 0.280. The molecule has 1 saturated carbocycles. The van der Waals surface area contributed by atoms with E-state index in [9.17, 15) is 13.8 Å². The number of nitrogens with one attached hydrogen (secondary N) is 1. The molecule has 0 atom stereocenters. The molecule has 8 nitrogen and oxygen atoms in total.